The lowest BCUT2D eigenvalue weighted by atomic mass is 9.36. The molecule has 6 rings (SSSR count). The van der Waals surface area contributed by atoms with Gasteiger partial charge in [0, 0.05) is 36.0 Å². The number of carbonyl (C=O) groups is 1. The standard InChI is InChI=1S/C25H32N4O2/c1-3-4-9-27-21-13-18-12-19(31-2)5-6-20(18)22(28-21)24-14-25(15-24,16-24)29-23(30)17-7-10-26-11-8-17/h5-8,10-12,21-22,27-28H,3-4,9,13-16H2,1-2H3,(H,29,30)/t21-,22?,24?,25?/m1/s1. The monoisotopic (exact) mass is 420 g/mol. The van der Waals surface area contributed by atoms with Crippen LogP contribution in [0.3, 0.4) is 0 Å². The summed E-state index contributed by atoms with van der Waals surface area (Å²) < 4.78 is 5.49. The Balaban J connectivity index is 1.31. The maximum absolute atomic E-state index is 12.6. The fraction of sp³-hybridized carbons (Fsp3) is 0.520. The molecule has 2 heterocycles. The molecule has 0 spiro atoms. The van der Waals surface area contributed by atoms with Crippen molar-refractivity contribution in [2.45, 2.75) is 63.2 Å². The average molecular weight is 421 g/mol. The Morgan fingerprint density at radius 2 is 2.00 bits per heavy atom. The molecule has 3 fully saturated rings. The smallest absolute Gasteiger partial charge is 0.251 e. The summed E-state index contributed by atoms with van der Waals surface area (Å²) in [5.41, 5.74) is 3.62. The van der Waals surface area contributed by atoms with E-state index in [-0.39, 0.29) is 23.0 Å². The van der Waals surface area contributed by atoms with Crippen LogP contribution in [0.5, 0.6) is 5.75 Å². The highest BCUT2D eigenvalue weighted by atomic mass is 16.5. The normalized spacial score (nSPS) is 30.5. The van der Waals surface area contributed by atoms with Gasteiger partial charge in [-0.25, -0.2) is 0 Å². The first-order valence-electron chi connectivity index (χ1n) is 11.5. The van der Waals surface area contributed by atoms with Crippen LogP contribution in [0.25, 0.3) is 0 Å². The number of hydrogen-bond donors (Lipinski definition) is 3. The molecule has 1 aromatic heterocycles. The summed E-state index contributed by atoms with van der Waals surface area (Å²) in [6.07, 6.45) is 10.0. The van der Waals surface area contributed by atoms with Crippen molar-refractivity contribution in [3.63, 3.8) is 0 Å². The fourth-order valence-corrected chi connectivity index (χ4v) is 5.95. The van der Waals surface area contributed by atoms with Gasteiger partial charge in [0.25, 0.3) is 5.91 Å². The van der Waals surface area contributed by atoms with Crippen molar-refractivity contribution in [2.24, 2.45) is 5.41 Å². The van der Waals surface area contributed by atoms with Crippen molar-refractivity contribution >= 4 is 5.91 Å². The third-order valence-corrected chi connectivity index (χ3v) is 7.38. The number of nitrogens with zero attached hydrogens (tertiary/aromatic N) is 1. The lowest BCUT2D eigenvalue weighted by molar-refractivity contribution is -0.174. The van der Waals surface area contributed by atoms with E-state index >= 15 is 0 Å². The number of carbonyl (C=O) groups excluding carboxylic acids is 1. The minimum Gasteiger partial charge on any atom is -0.497 e. The quantitative estimate of drug-likeness (QED) is 0.571. The first-order valence-corrected chi connectivity index (χ1v) is 11.5. The number of unbranched alkanes of at least 4 members (excludes halogenated alkanes) is 1. The molecule has 3 saturated carbocycles. The van der Waals surface area contributed by atoms with Gasteiger partial charge in [-0.2, -0.15) is 0 Å². The fourth-order valence-electron chi connectivity index (χ4n) is 5.95. The molecule has 0 saturated heterocycles. The molecule has 6 nitrogen and oxygen atoms in total. The molecule has 2 aromatic rings. The SMILES string of the molecule is CCCCN[C@H]1Cc2cc(OC)ccc2C(C23CC(NC(=O)c4ccncc4)(C2)C3)N1. The highest BCUT2D eigenvalue weighted by Gasteiger charge is 2.71. The Morgan fingerprint density at radius 3 is 2.71 bits per heavy atom. The predicted molar refractivity (Wildman–Crippen MR) is 120 cm³/mol. The van der Waals surface area contributed by atoms with Gasteiger partial charge in [-0.1, -0.05) is 19.4 Å². The van der Waals surface area contributed by atoms with Crippen LogP contribution in [-0.2, 0) is 6.42 Å². The second-order valence-corrected chi connectivity index (χ2v) is 9.59. The van der Waals surface area contributed by atoms with Gasteiger partial charge < -0.3 is 15.4 Å². The van der Waals surface area contributed by atoms with Crippen molar-refractivity contribution in [1.82, 2.24) is 20.9 Å². The van der Waals surface area contributed by atoms with E-state index in [2.05, 4.69) is 46.1 Å². The van der Waals surface area contributed by atoms with Gasteiger partial charge in [0.1, 0.15) is 5.75 Å². The molecule has 31 heavy (non-hydrogen) atoms. The van der Waals surface area contributed by atoms with Gasteiger partial charge in [0.05, 0.1) is 13.3 Å². The van der Waals surface area contributed by atoms with E-state index in [1.807, 2.05) is 0 Å². The summed E-state index contributed by atoms with van der Waals surface area (Å²) in [4.78, 5) is 16.7. The summed E-state index contributed by atoms with van der Waals surface area (Å²) in [5.74, 6) is 0.932. The molecule has 3 aliphatic carbocycles. The Labute approximate surface area is 184 Å². The van der Waals surface area contributed by atoms with Crippen LogP contribution in [0.15, 0.2) is 42.7 Å². The van der Waals surface area contributed by atoms with Gasteiger partial charge >= 0.3 is 0 Å². The largest absolute Gasteiger partial charge is 0.497 e. The molecule has 164 valence electrons. The number of rotatable bonds is 8. The van der Waals surface area contributed by atoms with E-state index in [1.165, 1.54) is 24.0 Å². The van der Waals surface area contributed by atoms with E-state index in [4.69, 9.17) is 4.74 Å². The number of benzene rings is 1. The Morgan fingerprint density at radius 1 is 1.23 bits per heavy atom. The van der Waals surface area contributed by atoms with Crippen molar-refractivity contribution in [1.29, 1.82) is 0 Å². The Kier molecular flexibility index (Phi) is 5.22. The van der Waals surface area contributed by atoms with E-state index in [1.54, 1.807) is 31.6 Å². The molecule has 1 amide bonds. The topological polar surface area (TPSA) is 75.3 Å². The van der Waals surface area contributed by atoms with Gasteiger partial charge in [-0.3, -0.25) is 15.1 Å². The van der Waals surface area contributed by atoms with Gasteiger partial charge in [-0.05, 0) is 73.0 Å². The number of pyridine rings is 1. The highest BCUT2D eigenvalue weighted by molar-refractivity contribution is 5.94. The first kappa shape index (κ1) is 20.5. The maximum atomic E-state index is 12.6. The molecule has 1 aliphatic heterocycles. The van der Waals surface area contributed by atoms with Crippen LogP contribution in [-0.4, -0.2) is 36.3 Å². The number of fused-ring (bicyclic) bond motifs is 1. The molecule has 1 aromatic carbocycles. The summed E-state index contributed by atoms with van der Waals surface area (Å²) in [7, 11) is 1.73. The second-order valence-electron chi connectivity index (χ2n) is 9.59. The van der Waals surface area contributed by atoms with Crippen LogP contribution in [0.4, 0.5) is 0 Å². The molecule has 2 atom stereocenters. The number of aromatic nitrogens is 1. The van der Waals surface area contributed by atoms with Gasteiger partial charge in [0.15, 0.2) is 0 Å². The van der Waals surface area contributed by atoms with Gasteiger partial charge in [0.2, 0.25) is 0 Å². The molecule has 6 heteroatoms. The molecule has 0 radical (unpaired) electrons. The van der Waals surface area contributed by atoms with Crippen LogP contribution >= 0.6 is 0 Å². The lowest BCUT2D eigenvalue weighted by Gasteiger charge is -2.73. The number of methoxy groups -OCH3 is 1. The number of nitrogens with one attached hydrogen (secondary N) is 3. The Bertz CT molecular complexity index is 941. The zero-order valence-electron chi connectivity index (χ0n) is 18.4. The molecule has 4 aliphatic rings. The van der Waals surface area contributed by atoms with Crippen molar-refractivity contribution in [3.05, 3.63) is 59.4 Å². The number of amides is 1. The number of hydrogen-bond acceptors (Lipinski definition) is 5. The lowest BCUT2D eigenvalue weighted by Crippen LogP contribution is -2.78. The third kappa shape index (κ3) is 3.62. The van der Waals surface area contributed by atoms with Gasteiger partial charge in [-0.15, -0.1) is 0 Å². The Hall–Kier alpha value is -2.44. The van der Waals surface area contributed by atoms with Crippen molar-refractivity contribution < 1.29 is 9.53 Å². The number of ether oxygens (including phenoxy) is 1. The minimum absolute atomic E-state index is 0.0107. The summed E-state index contributed by atoms with van der Waals surface area (Å²) in [6.45, 7) is 3.25. The van der Waals surface area contributed by atoms with E-state index in [0.717, 1.165) is 38.0 Å². The summed E-state index contributed by atoms with van der Waals surface area (Å²) in [6, 6.07) is 10.4. The third-order valence-electron chi connectivity index (χ3n) is 7.38. The van der Waals surface area contributed by atoms with Crippen molar-refractivity contribution in [2.75, 3.05) is 13.7 Å². The zero-order chi connectivity index (χ0) is 21.5. The van der Waals surface area contributed by atoms with E-state index in [9.17, 15) is 4.79 Å². The van der Waals surface area contributed by atoms with Crippen LogP contribution in [0.2, 0.25) is 0 Å². The minimum atomic E-state index is -0.0444. The molecule has 2 bridgehead atoms. The maximum Gasteiger partial charge on any atom is 0.251 e. The average Bonchev–Trinajstić information content (AvgIpc) is 2.75. The van der Waals surface area contributed by atoms with Crippen molar-refractivity contribution in [3.8, 4) is 5.75 Å². The first-order chi connectivity index (χ1) is 15.1. The second kappa shape index (κ2) is 7.92. The predicted octanol–water partition coefficient (Wildman–Crippen LogP) is 3.35. The van der Waals surface area contributed by atoms with Crippen LogP contribution < -0.4 is 20.7 Å². The summed E-state index contributed by atoms with van der Waals surface area (Å²) >= 11 is 0. The molecule has 3 N–H and O–H groups in total. The zero-order valence-corrected chi connectivity index (χ0v) is 18.4. The molecular weight excluding hydrogens is 388 g/mol. The summed E-state index contributed by atoms with van der Waals surface area (Å²) in [5, 5.41) is 10.9. The van der Waals surface area contributed by atoms with Crippen LogP contribution in [0.1, 0.15) is 66.6 Å². The molecular formula is C25H32N4O2. The van der Waals surface area contributed by atoms with E-state index < -0.39 is 0 Å². The molecule has 1 unspecified atom stereocenters. The van der Waals surface area contributed by atoms with E-state index in [0.29, 0.717) is 11.6 Å². The highest BCUT2D eigenvalue weighted by Crippen LogP contribution is 2.72. The van der Waals surface area contributed by atoms with Crippen LogP contribution in [0, 0.1) is 5.41 Å².